The van der Waals surface area contributed by atoms with E-state index in [-0.39, 0.29) is 67.9 Å². The van der Waals surface area contributed by atoms with Gasteiger partial charge >= 0.3 is 6.01 Å². The van der Waals surface area contributed by atoms with E-state index in [1.165, 1.54) is 24.3 Å². The Bertz CT molecular complexity index is 1560. The van der Waals surface area contributed by atoms with Gasteiger partial charge in [0.25, 0.3) is 11.8 Å². The highest BCUT2D eigenvalue weighted by Crippen LogP contribution is 2.29. The molecule has 3 heterocycles. The van der Waals surface area contributed by atoms with Crippen LogP contribution in [0, 0.1) is 45.3 Å². The van der Waals surface area contributed by atoms with Gasteiger partial charge in [-0.2, -0.15) is 36.0 Å². The second-order valence-electron chi connectivity index (χ2n) is 6.50. The zero-order valence-corrected chi connectivity index (χ0v) is 16.1. The molecule has 0 saturated heterocycles. The van der Waals surface area contributed by atoms with Crippen LogP contribution in [0.15, 0.2) is 33.1 Å². The van der Waals surface area contributed by atoms with Gasteiger partial charge in [0.2, 0.25) is 11.6 Å². The van der Waals surface area contributed by atoms with Gasteiger partial charge < -0.3 is 13.9 Å². The van der Waals surface area contributed by atoms with Crippen molar-refractivity contribution >= 4 is 22.2 Å². The number of fused-ring (bicyclic) bond motifs is 2. The maximum absolute atomic E-state index is 10.0. The van der Waals surface area contributed by atoms with Crippen LogP contribution in [0.3, 0.4) is 0 Å². The van der Waals surface area contributed by atoms with Crippen LogP contribution in [0.2, 0.25) is 0 Å². The standard InChI is InChI=1S/C21H5N9O3/c22-5-9-1-13-15(3-11(9)7-24)32-19(26-13)17-28-18(30-21(31)29-17)20-27-14-2-10(6-23)12(8-25)4-16(14)33-20/h1-4H,(H,28,29,30,31). The molecule has 3 aromatic heterocycles. The number of aromatic nitrogens is 5. The number of nitrogens with zero attached hydrogens (tertiary/aromatic N) is 9. The molecule has 1 N–H and O–H groups in total. The molecule has 0 fully saturated rings. The lowest BCUT2D eigenvalue weighted by Gasteiger charge is -1.98. The van der Waals surface area contributed by atoms with Gasteiger partial charge in [-0.25, -0.2) is 9.97 Å². The Balaban J connectivity index is 1.64. The number of rotatable bonds is 2. The van der Waals surface area contributed by atoms with Crippen molar-refractivity contribution in [3.63, 3.8) is 0 Å². The van der Waals surface area contributed by atoms with Crippen molar-refractivity contribution in [3.8, 4) is 53.7 Å². The van der Waals surface area contributed by atoms with Crippen LogP contribution < -0.4 is 0 Å². The first kappa shape index (κ1) is 19.1. The van der Waals surface area contributed by atoms with Crippen LogP contribution in [0.4, 0.5) is 0 Å². The number of hydrogen-bond acceptors (Lipinski definition) is 12. The minimum atomic E-state index is -0.662. The Kier molecular flexibility index (Phi) is 4.14. The molecule has 0 amide bonds. The van der Waals surface area contributed by atoms with Crippen LogP contribution in [0.25, 0.3) is 45.6 Å². The van der Waals surface area contributed by atoms with E-state index in [1.54, 1.807) is 0 Å². The fourth-order valence-corrected chi connectivity index (χ4v) is 3.07. The molecule has 0 unspecified atom stereocenters. The minimum absolute atomic E-state index is 0.0995. The van der Waals surface area contributed by atoms with Crippen LogP contribution in [0.1, 0.15) is 22.3 Å². The summed E-state index contributed by atoms with van der Waals surface area (Å²) in [7, 11) is 0. The molecule has 0 aliphatic rings. The number of oxazole rings is 2. The van der Waals surface area contributed by atoms with Crippen LogP contribution in [0.5, 0.6) is 6.01 Å². The van der Waals surface area contributed by atoms with Crippen LogP contribution >= 0.6 is 0 Å². The lowest BCUT2D eigenvalue weighted by molar-refractivity contribution is 0.427. The molecule has 0 bridgehead atoms. The molecule has 2 aromatic carbocycles. The first-order valence-corrected chi connectivity index (χ1v) is 8.98. The number of hydrogen-bond donors (Lipinski definition) is 1. The monoisotopic (exact) mass is 431 g/mol. The number of nitriles is 4. The summed E-state index contributed by atoms with van der Waals surface area (Å²) < 4.78 is 11.2. The fraction of sp³-hybridized carbons (Fsp3) is 0. The third-order valence-electron chi connectivity index (χ3n) is 4.54. The lowest BCUT2D eigenvalue weighted by Crippen LogP contribution is -1.96. The number of benzene rings is 2. The molecule has 5 rings (SSSR count). The molecule has 0 aliphatic carbocycles. The molecule has 152 valence electrons. The van der Waals surface area contributed by atoms with Crippen molar-refractivity contribution in [1.29, 1.82) is 21.0 Å². The normalized spacial score (nSPS) is 10.4. The molecule has 0 aliphatic heterocycles. The predicted octanol–water partition coefficient (Wildman–Crippen LogP) is 2.68. The maximum Gasteiger partial charge on any atom is 0.318 e. The minimum Gasteiger partial charge on any atom is -0.479 e. The summed E-state index contributed by atoms with van der Waals surface area (Å²) in [6, 6.07) is 12.5. The van der Waals surface area contributed by atoms with Gasteiger partial charge in [-0.1, -0.05) is 0 Å². The molecule has 0 spiro atoms. The second kappa shape index (κ2) is 7.13. The largest absolute Gasteiger partial charge is 0.479 e. The molecule has 5 aromatic rings. The van der Waals surface area contributed by atoms with Crippen LogP contribution in [-0.2, 0) is 0 Å². The third-order valence-corrected chi connectivity index (χ3v) is 4.54. The Hall–Kier alpha value is -5.85. The summed E-state index contributed by atoms with van der Waals surface area (Å²) in [5.74, 6) is -0.498. The van der Waals surface area contributed by atoms with E-state index in [9.17, 15) is 26.2 Å². The first-order valence-electron chi connectivity index (χ1n) is 8.98. The van der Waals surface area contributed by atoms with E-state index in [0.717, 1.165) is 0 Å². The molecular formula is C21H5N9O3. The summed E-state index contributed by atoms with van der Waals surface area (Å²) >= 11 is 0. The average molecular weight is 431 g/mol. The van der Waals surface area contributed by atoms with E-state index in [4.69, 9.17) is 8.83 Å². The summed E-state index contributed by atoms with van der Waals surface area (Å²) in [6.07, 6.45) is 0. The molecule has 0 radical (unpaired) electrons. The van der Waals surface area contributed by atoms with E-state index >= 15 is 0 Å². The van der Waals surface area contributed by atoms with Gasteiger partial charge in [-0.05, 0) is 12.1 Å². The van der Waals surface area contributed by atoms with Crippen molar-refractivity contribution in [1.82, 2.24) is 24.9 Å². The molecule has 12 nitrogen and oxygen atoms in total. The number of aromatic hydroxyl groups is 1. The van der Waals surface area contributed by atoms with Crippen molar-refractivity contribution in [2.75, 3.05) is 0 Å². The Morgan fingerprint density at radius 3 is 1.36 bits per heavy atom. The first-order chi connectivity index (χ1) is 16.0. The van der Waals surface area contributed by atoms with Gasteiger partial charge in [0.15, 0.2) is 11.2 Å². The summed E-state index contributed by atoms with van der Waals surface area (Å²) in [4.78, 5) is 20.2. The topological polar surface area (TPSA) is 206 Å². The highest BCUT2D eigenvalue weighted by atomic mass is 16.4. The van der Waals surface area contributed by atoms with Gasteiger partial charge in [-0.3, -0.25) is 0 Å². The molecular weight excluding hydrogens is 426 g/mol. The van der Waals surface area contributed by atoms with Crippen LogP contribution in [-0.4, -0.2) is 30.0 Å². The van der Waals surface area contributed by atoms with Gasteiger partial charge in [-0.15, -0.1) is 0 Å². The zero-order valence-electron chi connectivity index (χ0n) is 16.1. The zero-order chi connectivity index (χ0) is 23.1. The molecule has 33 heavy (non-hydrogen) atoms. The molecule has 0 atom stereocenters. The predicted molar refractivity (Wildman–Crippen MR) is 106 cm³/mol. The van der Waals surface area contributed by atoms with Gasteiger partial charge in [0, 0.05) is 12.1 Å². The van der Waals surface area contributed by atoms with E-state index in [2.05, 4.69) is 24.9 Å². The summed E-state index contributed by atoms with van der Waals surface area (Å²) in [6.45, 7) is 0. The highest BCUT2D eigenvalue weighted by Gasteiger charge is 2.20. The summed E-state index contributed by atoms with van der Waals surface area (Å²) in [5.41, 5.74) is 1.51. The summed E-state index contributed by atoms with van der Waals surface area (Å²) in [5, 5.41) is 46.7. The third kappa shape index (κ3) is 3.10. The molecule has 12 heteroatoms. The van der Waals surface area contributed by atoms with Crippen molar-refractivity contribution < 1.29 is 13.9 Å². The van der Waals surface area contributed by atoms with Gasteiger partial charge in [0.05, 0.1) is 22.3 Å². The van der Waals surface area contributed by atoms with Gasteiger partial charge in [0.1, 0.15) is 35.3 Å². The average Bonchev–Trinajstić information content (AvgIpc) is 3.44. The lowest BCUT2D eigenvalue weighted by atomic mass is 10.1. The fourth-order valence-electron chi connectivity index (χ4n) is 3.07. The van der Waals surface area contributed by atoms with Crippen molar-refractivity contribution in [2.45, 2.75) is 0 Å². The quantitative estimate of drug-likeness (QED) is 0.428. The molecule has 0 saturated carbocycles. The maximum atomic E-state index is 10.0. The van der Waals surface area contributed by atoms with E-state index in [1.807, 2.05) is 24.3 Å². The Morgan fingerprint density at radius 2 is 0.970 bits per heavy atom. The second-order valence-corrected chi connectivity index (χ2v) is 6.50. The highest BCUT2D eigenvalue weighted by molar-refractivity contribution is 5.80. The van der Waals surface area contributed by atoms with Crippen molar-refractivity contribution in [3.05, 3.63) is 46.5 Å². The van der Waals surface area contributed by atoms with Crippen molar-refractivity contribution in [2.24, 2.45) is 0 Å². The Labute approximate surface area is 182 Å². The SMILES string of the molecule is N#Cc1cc2nc(-c3nc(O)nc(-c4nc5cc(C#N)c(C#N)cc5o4)n3)oc2cc1C#N. The Morgan fingerprint density at radius 1 is 0.576 bits per heavy atom. The smallest absolute Gasteiger partial charge is 0.318 e. The van der Waals surface area contributed by atoms with E-state index in [0.29, 0.717) is 0 Å². The van der Waals surface area contributed by atoms with E-state index < -0.39 is 6.01 Å².